The number of carbonyl (C=O) groups excluding carboxylic acids is 3. The first-order chi connectivity index (χ1) is 17.9. The highest BCUT2D eigenvalue weighted by Crippen LogP contribution is 2.27. The van der Waals surface area contributed by atoms with Crippen LogP contribution in [0.4, 0.5) is 16.2 Å². The van der Waals surface area contributed by atoms with Crippen molar-refractivity contribution >= 4 is 29.2 Å². The standard InChI is InChI=1S/C25H27N5O8/c1-6-37-23(32)20-21(29(28-27-20)14-15-7-10-17(36-5)11-8-15)22(31)18-12-9-16(13-19(18)30(34)35)26-24(33)38-25(2,3)4/h7-13H,6,14H2,1-5H3,(H,26,33). The molecule has 13 heteroatoms. The average Bonchev–Trinajstić information content (AvgIpc) is 3.26. The summed E-state index contributed by atoms with van der Waals surface area (Å²) in [6, 6.07) is 10.4. The number of nitrogens with zero attached hydrogens (tertiary/aromatic N) is 4. The van der Waals surface area contributed by atoms with Crippen LogP contribution in [0.5, 0.6) is 5.75 Å². The number of hydrogen-bond acceptors (Lipinski definition) is 10. The van der Waals surface area contributed by atoms with Crippen molar-refractivity contribution in [1.29, 1.82) is 0 Å². The first-order valence-electron chi connectivity index (χ1n) is 11.5. The van der Waals surface area contributed by atoms with E-state index in [0.29, 0.717) is 11.3 Å². The van der Waals surface area contributed by atoms with Crippen LogP contribution in [0.2, 0.25) is 0 Å². The third kappa shape index (κ3) is 6.69. The Balaban J connectivity index is 2.03. The molecule has 0 bridgehead atoms. The molecule has 0 atom stereocenters. The molecule has 1 heterocycles. The molecular weight excluding hydrogens is 498 g/mol. The van der Waals surface area contributed by atoms with E-state index in [1.807, 2.05) is 0 Å². The second-order valence-corrected chi connectivity index (χ2v) is 8.96. The number of nitrogens with one attached hydrogen (secondary N) is 1. The summed E-state index contributed by atoms with van der Waals surface area (Å²) < 4.78 is 16.5. The SMILES string of the molecule is CCOC(=O)c1nnn(Cc2ccc(OC)cc2)c1C(=O)c1ccc(NC(=O)OC(C)(C)C)cc1[N+](=O)[O-]. The fourth-order valence-corrected chi connectivity index (χ4v) is 3.39. The average molecular weight is 526 g/mol. The highest BCUT2D eigenvalue weighted by molar-refractivity contribution is 6.15. The summed E-state index contributed by atoms with van der Waals surface area (Å²) in [5, 5.41) is 22.1. The van der Waals surface area contributed by atoms with Gasteiger partial charge in [0.05, 0.1) is 30.9 Å². The van der Waals surface area contributed by atoms with Gasteiger partial charge < -0.3 is 14.2 Å². The molecule has 3 aromatic rings. The summed E-state index contributed by atoms with van der Waals surface area (Å²) >= 11 is 0. The third-order valence-corrected chi connectivity index (χ3v) is 4.99. The van der Waals surface area contributed by atoms with E-state index < -0.39 is 34.1 Å². The number of amides is 1. The molecule has 200 valence electrons. The van der Waals surface area contributed by atoms with Crippen LogP contribution in [0.15, 0.2) is 42.5 Å². The maximum absolute atomic E-state index is 13.6. The van der Waals surface area contributed by atoms with Crippen molar-refractivity contribution < 1.29 is 33.5 Å². The number of hydrogen-bond donors (Lipinski definition) is 1. The lowest BCUT2D eigenvalue weighted by Crippen LogP contribution is -2.27. The van der Waals surface area contributed by atoms with Gasteiger partial charge in [-0.25, -0.2) is 14.3 Å². The minimum absolute atomic E-state index is 0.0168. The zero-order valence-electron chi connectivity index (χ0n) is 21.5. The number of nitro benzene ring substituents is 1. The van der Waals surface area contributed by atoms with E-state index in [0.717, 1.165) is 6.07 Å². The molecule has 0 aliphatic carbocycles. The lowest BCUT2D eigenvalue weighted by molar-refractivity contribution is -0.385. The lowest BCUT2D eigenvalue weighted by Gasteiger charge is -2.19. The largest absolute Gasteiger partial charge is 0.497 e. The molecule has 0 aliphatic heterocycles. The van der Waals surface area contributed by atoms with E-state index in [-0.39, 0.29) is 35.8 Å². The van der Waals surface area contributed by atoms with Gasteiger partial charge in [-0.2, -0.15) is 0 Å². The molecule has 0 aliphatic rings. The fraction of sp³-hybridized carbons (Fsp3) is 0.320. The van der Waals surface area contributed by atoms with Gasteiger partial charge in [-0.15, -0.1) is 5.10 Å². The molecule has 0 spiro atoms. The van der Waals surface area contributed by atoms with Gasteiger partial charge >= 0.3 is 12.1 Å². The van der Waals surface area contributed by atoms with Crippen LogP contribution >= 0.6 is 0 Å². The molecule has 38 heavy (non-hydrogen) atoms. The molecule has 0 saturated carbocycles. The number of esters is 1. The van der Waals surface area contributed by atoms with Crippen LogP contribution in [0, 0.1) is 10.1 Å². The van der Waals surface area contributed by atoms with Crippen molar-refractivity contribution in [2.24, 2.45) is 0 Å². The van der Waals surface area contributed by atoms with Crippen molar-refractivity contribution in [3.8, 4) is 5.75 Å². The normalized spacial score (nSPS) is 11.0. The van der Waals surface area contributed by atoms with Gasteiger partial charge in [0.15, 0.2) is 0 Å². The number of benzene rings is 2. The molecule has 3 rings (SSSR count). The van der Waals surface area contributed by atoms with Gasteiger partial charge in [0.25, 0.3) is 5.69 Å². The zero-order valence-corrected chi connectivity index (χ0v) is 21.5. The van der Waals surface area contributed by atoms with Crippen LogP contribution in [0.1, 0.15) is 59.8 Å². The van der Waals surface area contributed by atoms with Crippen molar-refractivity contribution in [3.05, 3.63) is 75.1 Å². The molecule has 1 aromatic heterocycles. The van der Waals surface area contributed by atoms with Crippen molar-refractivity contribution in [3.63, 3.8) is 0 Å². The van der Waals surface area contributed by atoms with E-state index in [1.54, 1.807) is 52.0 Å². The number of methoxy groups -OCH3 is 1. The highest BCUT2D eigenvalue weighted by atomic mass is 16.6. The Bertz CT molecular complexity index is 1360. The van der Waals surface area contributed by atoms with Gasteiger partial charge in [0, 0.05) is 6.07 Å². The van der Waals surface area contributed by atoms with Gasteiger partial charge in [0.2, 0.25) is 11.5 Å². The maximum atomic E-state index is 13.6. The Morgan fingerprint density at radius 2 is 1.79 bits per heavy atom. The second kappa shape index (κ2) is 11.5. The Morgan fingerprint density at radius 1 is 1.11 bits per heavy atom. The van der Waals surface area contributed by atoms with E-state index in [4.69, 9.17) is 14.2 Å². The molecule has 1 N–H and O–H groups in total. The van der Waals surface area contributed by atoms with Gasteiger partial charge in [-0.05, 0) is 57.5 Å². The van der Waals surface area contributed by atoms with Crippen LogP contribution < -0.4 is 10.1 Å². The number of aromatic nitrogens is 3. The summed E-state index contributed by atoms with van der Waals surface area (Å²) in [5.74, 6) is -1.16. The van der Waals surface area contributed by atoms with E-state index in [9.17, 15) is 24.5 Å². The minimum atomic E-state index is -0.900. The molecule has 0 radical (unpaired) electrons. The molecule has 1 amide bonds. The Morgan fingerprint density at radius 3 is 2.37 bits per heavy atom. The summed E-state index contributed by atoms with van der Waals surface area (Å²) in [4.78, 5) is 49.4. The maximum Gasteiger partial charge on any atom is 0.412 e. The molecular formula is C25H27N5O8. The van der Waals surface area contributed by atoms with E-state index in [2.05, 4.69) is 15.6 Å². The predicted octanol–water partition coefficient (Wildman–Crippen LogP) is 4.00. The number of carbonyl (C=O) groups is 3. The molecule has 2 aromatic carbocycles. The smallest absolute Gasteiger partial charge is 0.412 e. The first kappa shape index (κ1) is 27.8. The van der Waals surface area contributed by atoms with Crippen LogP contribution in [-0.4, -0.2) is 57.1 Å². The van der Waals surface area contributed by atoms with Crippen molar-refractivity contribution in [1.82, 2.24) is 15.0 Å². The van der Waals surface area contributed by atoms with Gasteiger partial charge in [-0.3, -0.25) is 20.2 Å². The minimum Gasteiger partial charge on any atom is -0.497 e. The predicted molar refractivity (Wildman–Crippen MR) is 134 cm³/mol. The highest BCUT2D eigenvalue weighted by Gasteiger charge is 2.32. The number of anilines is 1. The fourth-order valence-electron chi connectivity index (χ4n) is 3.39. The Hall–Kier alpha value is -4.81. The molecule has 0 fully saturated rings. The van der Waals surface area contributed by atoms with E-state index in [1.165, 1.54) is 23.9 Å². The second-order valence-electron chi connectivity index (χ2n) is 8.96. The Labute approximate surface area is 217 Å². The van der Waals surface area contributed by atoms with Crippen LogP contribution in [-0.2, 0) is 16.0 Å². The van der Waals surface area contributed by atoms with Crippen LogP contribution in [0.25, 0.3) is 0 Å². The summed E-state index contributed by atoms with van der Waals surface area (Å²) in [6.45, 7) is 6.64. The summed E-state index contributed by atoms with van der Waals surface area (Å²) in [5.41, 5.74) is -1.65. The number of rotatable bonds is 9. The molecule has 13 nitrogen and oxygen atoms in total. The number of ether oxygens (including phenoxy) is 3. The van der Waals surface area contributed by atoms with Gasteiger partial charge in [-0.1, -0.05) is 17.3 Å². The third-order valence-electron chi connectivity index (χ3n) is 4.99. The first-order valence-corrected chi connectivity index (χ1v) is 11.5. The van der Waals surface area contributed by atoms with E-state index >= 15 is 0 Å². The quantitative estimate of drug-likeness (QED) is 0.187. The Kier molecular flexibility index (Phi) is 8.40. The summed E-state index contributed by atoms with van der Waals surface area (Å²) in [6.07, 6.45) is -0.822. The molecule has 0 unspecified atom stereocenters. The van der Waals surface area contributed by atoms with Crippen LogP contribution in [0.3, 0.4) is 0 Å². The van der Waals surface area contributed by atoms with Crippen molar-refractivity contribution in [2.45, 2.75) is 39.8 Å². The zero-order chi connectivity index (χ0) is 28.0. The number of ketones is 1. The topological polar surface area (TPSA) is 165 Å². The lowest BCUT2D eigenvalue weighted by atomic mass is 10.0. The van der Waals surface area contributed by atoms with Gasteiger partial charge in [0.1, 0.15) is 22.6 Å². The number of nitro groups is 1. The summed E-state index contributed by atoms with van der Waals surface area (Å²) in [7, 11) is 1.52. The monoisotopic (exact) mass is 525 g/mol. The van der Waals surface area contributed by atoms with Crippen molar-refractivity contribution in [2.75, 3.05) is 19.0 Å². The molecule has 0 saturated heterocycles.